The number of nitrogens with one attached hydrogen (secondary N) is 1. The van der Waals surface area contributed by atoms with Gasteiger partial charge in [0.25, 0.3) is 0 Å². The Hall–Kier alpha value is -0.900. The molecule has 0 radical (unpaired) electrons. The second-order valence-electron chi connectivity index (χ2n) is 3.51. The van der Waals surface area contributed by atoms with Gasteiger partial charge >= 0.3 is 0 Å². The Morgan fingerprint density at radius 2 is 2.29 bits per heavy atom. The molecule has 0 bridgehead atoms. The summed E-state index contributed by atoms with van der Waals surface area (Å²) in [5.41, 5.74) is 1.55. The second kappa shape index (κ2) is 3.35. The molecule has 0 aromatic heterocycles. The van der Waals surface area contributed by atoms with Crippen LogP contribution in [0.15, 0.2) is 16.6 Å². The highest BCUT2D eigenvalue weighted by Crippen LogP contribution is 2.32. The lowest BCUT2D eigenvalue weighted by molar-refractivity contribution is -0.119. The molecule has 1 aromatic carbocycles. The van der Waals surface area contributed by atoms with Crippen molar-refractivity contribution in [1.82, 2.24) is 0 Å². The monoisotopic (exact) mass is 257 g/mol. The van der Waals surface area contributed by atoms with Gasteiger partial charge in [0.2, 0.25) is 5.91 Å². The van der Waals surface area contributed by atoms with Crippen molar-refractivity contribution in [3.63, 3.8) is 0 Å². The van der Waals surface area contributed by atoms with Crippen molar-refractivity contribution >= 4 is 27.5 Å². The lowest BCUT2D eigenvalue weighted by atomic mass is 9.95. The van der Waals surface area contributed by atoms with Gasteiger partial charge in [0.15, 0.2) is 0 Å². The first-order valence-corrected chi connectivity index (χ1v) is 5.16. The molecule has 1 amide bonds. The Labute approximate surface area is 89.6 Å². The van der Waals surface area contributed by atoms with Gasteiger partial charge in [-0.15, -0.1) is 0 Å². The molecule has 2 nitrogen and oxygen atoms in total. The first-order valence-electron chi connectivity index (χ1n) is 4.36. The summed E-state index contributed by atoms with van der Waals surface area (Å²) in [5.74, 6) is -0.440. The van der Waals surface area contributed by atoms with Gasteiger partial charge in [-0.3, -0.25) is 4.79 Å². The van der Waals surface area contributed by atoms with E-state index in [4.69, 9.17) is 0 Å². The molecule has 1 atom stereocenters. The molecule has 4 heteroatoms. The van der Waals surface area contributed by atoms with Crippen molar-refractivity contribution in [3.8, 4) is 0 Å². The van der Waals surface area contributed by atoms with E-state index in [1.807, 2.05) is 6.92 Å². The number of rotatable bonds is 0. The maximum Gasteiger partial charge on any atom is 0.227 e. The molecule has 14 heavy (non-hydrogen) atoms. The van der Waals surface area contributed by atoms with E-state index in [2.05, 4.69) is 21.2 Å². The molecule has 0 spiro atoms. The first kappa shape index (κ1) is 9.65. The fraction of sp³-hybridized carbons (Fsp3) is 0.300. The van der Waals surface area contributed by atoms with Crippen LogP contribution in [-0.4, -0.2) is 5.91 Å². The normalized spacial score (nSPS) is 20.2. The van der Waals surface area contributed by atoms with Gasteiger partial charge in [0.05, 0.1) is 0 Å². The highest BCUT2D eigenvalue weighted by molar-refractivity contribution is 9.10. The molecule has 2 rings (SSSR count). The third-order valence-electron chi connectivity index (χ3n) is 2.38. The molecule has 74 valence electrons. The Bertz CT molecular complexity index is 405. The average molecular weight is 258 g/mol. The van der Waals surface area contributed by atoms with E-state index in [1.165, 1.54) is 12.1 Å². The third-order valence-corrected chi connectivity index (χ3v) is 3.08. The minimum absolute atomic E-state index is 0.0463. The van der Waals surface area contributed by atoms with Crippen molar-refractivity contribution in [2.24, 2.45) is 5.92 Å². The standard InChI is InChI=1S/C10H9BrFNO/c1-5-2-7-8(11)3-6(12)4-9(7)13-10(5)14/h3-5H,2H2,1H3,(H,13,14). The second-order valence-corrected chi connectivity index (χ2v) is 4.36. The highest BCUT2D eigenvalue weighted by atomic mass is 79.9. The summed E-state index contributed by atoms with van der Waals surface area (Å²) in [7, 11) is 0. The lowest BCUT2D eigenvalue weighted by Crippen LogP contribution is -2.28. The predicted octanol–water partition coefficient (Wildman–Crippen LogP) is 2.72. The Morgan fingerprint density at radius 1 is 1.57 bits per heavy atom. The van der Waals surface area contributed by atoms with E-state index >= 15 is 0 Å². The minimum atomic E-state index is -0.342. The van der Waals surface area contributed by atoms with Gasteiger partial charge < -0.3 is 5.32 Å². The maximum atomic E-state index is 13.0. The van der Waals surface area contributed by atoms with E-state index in [0.717, 1.165) is 10.0 Å². The fourth-order valence-corrected chi connectivity index (χ4v) is 2.17. The molecule has 1 unspecified atom stereocenters. The van der Waals surface area contributed by atoms with E-state index in [1.54, 1.807) is 0 Å². The van der Waals surface area contributed by atoms with Crippen LogP contribution in [0.2, 0.25) is 0 Å². The molecule has 1 aliphatic rings. The molecule has 1 heterocycles. The number of hydrogen-bond acceptors (Lipinski definition) is 1. The predicted molar refractivity (Wildman–Crippen MR) is 55.6 cm³/mol. The van der Waals surface area contributed by atoms with Crippen LogP contribution in [0.4, 0.5) is 10.1 Å². The smallest absolute Gasteiger partial charge is 0.227 e. The van der Waals surface area contributed by atoms with Crippen LogP contribution in [0.3, 0.4) is 0 Å². The lowest BCUT2D eigenvalue weighted by Gasteiger charge is -2.22. The Morgan fingerprint density at radius 3 is 3.00 bits per heavy atom. The zero-order chi connectivity index (χ0) is 10.3. The van der Waals surface area contributed by atoms with E-state index in [0.29, 0.717) is 12.1 Å². The van der Waals surface area contributed by atoms with E-state index < -0.39 is 0 Å². The number of benzene rings is 1. The number of amides is 1. The summed E-state index contributed by atoms with van der Waals surface area (Å²) in [6.45, 7) is 1.86. The summed E-state index contributed by atoms with van der Waals surface area (Å²) in [5, 5.41) is 2.68. The van der Waals surface area contributed by atoms with E-state index in [-0.39, 0.29) is 17.6 Å². The van der Waals surface area contributed by atoms with Crippen LogP contribution in [0, 0.1) is 11.7 Å². The van der Waals surface area contributed by atoms with Gasteiger partial charge in [0.1, 0.15) is 5.82 Å². The molecule has 0 saturated carbocycles. The summed E-state index contributed by atoms with van der Waals surface area (Å²) in [6, 6.07) is 2.77. The largest absolute Gasteiger partial charge is 0.325 e. The van der Waals surface area contributed by atoms with Crippen LogP contribution < -0.4 is 5.32 Å². The Kier molecular flexibility index (Phi) is 2.31. The SMILES string of the molecule is CC1Cc2c(Br)cc(F)cc2NC1=O. The number of carbonyl (C=O) groups is 1. The van der Waals surface area contributed by atoms with Crippen molar-refractivity contribution in [2.45, 2.75) is 13.3 Å². The van der Waals surface area contributed by atoms with Crippen LogP contribution >= 0.6 is 15.9 Å². The van der Waals surface area contributed by atoms with Crippen molar-refractivity contribution in [3.05, 3.63) is 28.0 Å². The van der Waals surface area contributed by atoms with Gasteiger partial charge in [-0.1, -0.05) is 22.9 Å². The molecular weight excluding hydrogens is 249 g/mol. The molecule has 1 aromatic rings. The number of anilines is 1. The van der Waals surface area contributed by atoms with Crippen LogP contribution in [0.25, 0.3) is 0 Å². The van der Waals surface area contributed by atoms with Gasteiger partial charge in [0, 0.05) is 16.1 Å². The number of halogens is 2. The molecular formula is C10H9BrFNO. The number of hydrogen-bond donors (Lipinski definition) is 1. The highest BCUT2D eigenvalue weighted by Gasteiger charge is 2.24. The molecule has 0 fully saturated rings. The van der Waals surface area contributed by atoms with Gasteiger partial charge in [-0.05, 0) is 24.1 Å². The van der Waals surface area contributed by atoms with Crippen molar-refractivity contribution in [1.29, 1.82) is 0 Å². The third kappa shape index (κ3) is 1.54. The number of fused-ring (bicyclic) bond motifs is 1. The number of carbonyl (C=O) groups excluding carboxylic acids is 1. The summed E-state index contributed by atoms with van der Waals surface area (Å²) >= 11 is 3.29. The van der Waals surface area contributed by atoms with Crippen LogP contribution in [-0.2, 0) is 11.2 Å². The van der Waals surface area contributed by atoms with Gasteiger partial charge in [-0.2, -0.15) is 0 Å². The summed E-state index contributed by atoms with van der Waals surface area (Å²) < 4.78 is 13.7. The van der Waals surface area contributed by atoms with E-state index in [9.17, 15) is 9.18 Å². The first-order chi connectivity index (χ1) is 6.58. The van der Waals surface area contributed by atoms with Crippen molar-refractivity contribution < 1.29 is 9.18 Å². The zero-order valence-corrected chi connectivity index (χ0v) is 9.19. The fourth-order valence-electron chi connectivity index (χ4n) is 1.58. The molecule has 1 aliphatic heterocycles. The van der Waals surface area contributed by atoms with Gasteiger partial charge in [-0.25, -0.2) is 4.39 Å². The van der Waals surface area contributed by atoms with Crippen LogP contribution in [0.5, 0.6) is 0 Å². The summed E-state index contributed by atoms with van der Waals surface area (Å²) in [4.78, 5) is 11.3. The Balaban J connectivity index is 2.51. The minimum Gasteiger partial charge on any atom is -0.325 e. The van der Waals surface area contributed by atoms with Crippen molar-refractivity contribution in [2.75, 3.05) is 5.32 Å². The zero-order valence-electron chi connectivity index (χ0n) is 7.60. The molecule has 1 N–H and O–H groups in total. The summed E-state index contributed by atoms with van der Waals surface area (Å²) in [6.07, 6.45) is 0.655. The average Bonchev–Trinajstić information content (AvgIpc) is 2.08. The molecule has 0 saturated heterocycles. The maximum absolute atomic E-state index is 13.0. The quantitative estimate of drug-likeness (QED) is 0.761. The topological polar surface area (TPSA) is 29.1 Å². The van der Waals surface area contributed by atoms with Crippen LogP contribution in [0.1, 0.15) is 12.5 Å². The molecule has 0 aliphatic carbocycles.